The third kappa shape index (κ3) is 4.41. The van der Waals surface area contributed by atoms with Gasteiger partial charge in [-0.05, 0) is 41.3 Å². The normalized spacial score (nSPS) is 15.2. The summed E-state index contributed by atoms with van der Waals surface area (Å²) in [6.45, 7) is 1.96. The number of carbonyl (C=O) groups excluding carboxylic acids is 1. The molecular formula is C31H24N2O4S2. The number of benzene rings is 3. The van der Waals surface area contributed by atoms with Crippen LogP contribution in [0.25, 0.3) is 22.5 Å². The maximum atomic E-state index is 14.1. The van der Waals surface area contributed by atoms with Crippen molar-refractivity contribution in [1.82, 2.24) is 4.57 Å². The van der Waals surface area contributed by atoms with Crippen molar-refractivity contribution in [3.05, 3.63) is 126 Å². The molecule has 0 saturated carbocycles. The second-order valence-corrected chi connectivity index (χ2v) is 10.8. The van der Waals surface area contributed by atoms with Crippen molar-refractivity contribution in [2.75, 3.05) is 13.7 Å². The number of ether oxygens (including phenoxy) is 2. The van der Waals surface area contributed by atoms with Crippen LogP contribution in [-0.2, 0) is 9.53 Å². The number of thiazole rings is 1. The Balaban J connectivity index is 1.77. The van der Waals surface area contributed by atoms with Crippen molar-refractivity contribution in [2.45, 2.75) is 13.0 Å². The number of esters is 1. The Morgan fingerprint density at radius 2 is 1.82 bits per heavy atom. The minimum absolute atomic E-state index is 0.187. The van der Waals surface area contributed by atoms with E-state index in [-0.39, 0.29) is 12.2 Å². The zero-order valence-corrected chi connectivity index (χ0v) is 22.9. The molecule has 0 saturated heterocycles. The van der Waals surface area contributed by atoms with Crippen LogP contribution in [0, 0.1) is 0 Å². The van der Waals surface area contributed by atoms with Gasteiger partial charge in [0.1, 0.15) is 11.8 Å². The van der Waals surface area contributed by atoms with E-state index in [0.29, 0.717) is 31.9 Å². The summed E-state index contributed by atoms with van der Waals surface area (Å²) < 4.78 is 13.6. The van der Waals surface area contributed by atoms with Crippen LogP contribution in [-0.4, -0.2) is 24.3 Å². The van der Waals surface area contributed by atoms with E-state index < -0.39 is 12.0 Å². The monoisotopic (exact) mass is 552 g/mol. The average molecular weight is 553 g/mol. The van der Waals surface area contributed by atoms with Gasteiger partial charge in [0, 0.05) is 16.0 Å². The number of carbonyl (C=O) groups is 1. The van der Waals surface area contributed by atoms with Crippen molar-refractivity contribution in [1.29, 1.82) is 0 Å². The summed E-state index contributed by atoms with van der Waals surface area (Å²) in [5, 5.41) is 3.82. The molecule has 194 valence electrons. The summed E-state index contributed by atoms with van der Waals surface area (Å²) in [6.07, 6.45) is 1.88. The zero-order valence-electron chi connectivity index (χ0n) is 21.3. The van der Waals surface area contributed by atoms with E-state index in [1.807, 2.05) is 90.3 Å². The lowest BCUT2D eigenvalue weighted by molar-refractivity contribution is -0.138. The lowest BCUT2D eigenvalue weighted by atomic mass is 9.89. The van der Waals surface area contributed by atoms with Crippen LogP contribution in [0.1, 0.15) is 29.0 Å². The predicted molar refractivity (Wildman–Crippen MR) is 156 cm³/mol. The van der Waals surface area contributed by atoms with E-state index in [1.54, 1.807) is 29.9 Å². The average Bonchev–Trinajstić information content (AvgIpc) is 3.59. The number of fused-ring (bicyclic) bond motifs is 2. The second-order valence-electron chi connectivity index (χ2n) is 8.85. The number of methoxy groups -OCH3 is 1. The highest BCUT2D eigenvalue weighted by Gasteiger charge is 2.37. The van der Waals surface area contributed by atoms with Crippen molar-refractivity contribution >= 4 is 51.2 Å². The minimum Gasteiger partial charge on any atom is -0.496 e. The summed E-state index contributed by atoms with van der Waals surface area (Å²) >= 11 is 2.87. The van der Waals surface area contributed by atoms with Gasteiger partial charge in [-0.25, -0.2) is 9.79 Å². The maximum absolute atomic E-state index is 14.1. The highest BCUT2D eigenvalue weighted by atomic mass is 32.1. The Labute approximate surface area is 232 Å². The van der Waals surface area contributed by atoms with E-state index in [0.717, 1.165) is 21.2 Å². The van der Waals surface area contributed by atoms with E-state index in [1.165, 1.54) is 11.3 Å². The van der Waals surface area contributed by atoms with E-state index in [9.17, 15) is 9.59 Å². The number of hydrogen-bond acceptors (Lipinski definition) is 7. The zero-order chi connectivity index (χ0) is 26.9. The molecule has 1 atom stereocenters. The fourth-order valence-corrected chi connectivity index (χ4v) is 6.68. The second kappa shape index (κ2) is 10.5. The molecule has 0 fully saturated rings. The Hall–Kier alpha value is -4.27. The largest absolute Gasteiger partial charge is 0.496 e. The topological polar surface area (TPSA) is 69.9 Å². The van der Waals surface area contributed by atoms with Crippen LogP contribution in [0.15, 0.2) is 99.6 Å². The molecule has 6 rings (SSSR count). The van der Waals surface area contributed by atoms with Gasteiger partial charge in [0.25, 0.3) is 5.56 Å². The Morgan fingerprint density at radius 1 is 1.03 bits per heavy atom. The first-order chi connectivity index (χ1) is 19.1. The smallest absolute Gasteiger partial charge is 0.338 e. The molecule has 39 heavy (non-hydrogen) atoms. The molecule has 1 aliphatic rings. The van der Waals surface area contributed by atoms with Crippen LogP contribution in [0.2, 0.25) is 0 Å². The molecule has 0 spiro atoms. The quantitative estimate of drug-likeness (QED) is 0.273. The highest BCUT2D eigenvalue weighted by molar-refractivity contribution is 7.11. The van der Waals surface area contributed by atoms with Crippen molar-refractivity contribution in [3.63, 3.8) is 0 Å². The molecule has 6 nitrogen and oxygen atoms in total. The first-order valence-electron chi connectivity index (χ1n) is 12.5. The van der Waals surface area contributed by atoms with E-state index in [2.05, 4.69) is 0 Å². The summed E-state index contributed by atoms with van der Waals surface area (Å²) in [5.74, 6) is 0.0512. The Kier molecular flexibility index (Phi) is 6.72. The molecule has 1 aliphatic heterocycles. The number of nitrogens with zero attached hydrogens (tertiary/aromatic N) is 2. The molecule has 0 bridgehead atoms. The van der Waals surface area contributed by atoms with E-state index >= 15 is 0 Å². The van der Waals surface area contributed by atoms with Crippen LogP contribution < -0.4 is 19.6 Å². The maximum Gasteiger partial charge on any atom is 0.338 e. The van der Waals surface area contributed by atoms with Gasteiger partial charge >= 0.3 is 5.97 Å². The third-order valence-electron chi connectivity index (χ3n) is 6.61. The number of aromatic nitrogens is 1. The SMILES string of the molecule is CCOC(=O)C1=C(c2ccccc2)N=c2s/c(=C\c3cccs3)c(=O)n2[C@H]1c1c(OC)ccc2ccccc12. The lowest BCUT2D eigenvalue weighted by Crippen LogP contribution is -2.40. The van der Waals surface area contributed by atoms with Crippen LogP contribution >= 0.6 is 22.7 Å². The van der Waals surface area contributed by atoms with Gasteiger partial charge in [0.15, 0.2) is 4.80 Å². The van der Waals surface area contributed by atoms with Crippen LogP contribution in [0.4, 0.5) is 0 Å². The molecule has 0 unspecified atom stereocenters. The summed E-state index contributed by atoms with van der Waals surface area (Å²) in [7, 11) is 1.60. The first-order valence-corrected chi connectivity index (χ1v) is 14.2. The molecule has 8 heteroatoms. The fourth-order valence-electron chi connectivity index (χ4n) is 4.95. The fraction of sp³-hybridized carbons (Fsp3) is 0.129. The third-order valence-corrected chi connectivity index (χ3v) is 8.42. The molecule has 0 amide bonds. The van der Waals surface area contributed by atoms with Gasteiger partial charge in [-0.2, -0.15) is 0 Å². The summed E-state index contributed by atoms with van der Waals surface area (Å²) in [6, 6.07) is 24.4. The van der Waals surface area contributed by atoms with Crippen molar-refractivity contribution < 1.29 is 14.3 Å². The molecule has 0 radical (unpaired) electrons. The number of rotatable bonds is 6. The molecular weight excluding hydrogens is 528 g/mol. The van der Waals surface area contributed by atoms with Crippen molar-refractivity contribution in [2.24, 2.45) is 4.99 Å². The Bertz CT molecular complexity index is 1900. The molecule has 3 heterocycles. The Morgan fingerprint density at radius 3 is 2.56 bits per heavy atom. The van der Waals surface area contributed by atoms with Gasteiger partial charge in [-0.15, -0.1) is 11.3 Å². The number of thiophene rings is 1. The van der Waals surface area contributed by atoms with Gasteiger partial charge in [0.05, 0.1) is 29.5 Å². The minimum atomic E-state index is -0.818. The summed E-state index contributed by atoms with van der Waals surface area (Å²) in [5.41, 5.74) is 2.04. The van der Waals surface area contributed by atoms with Gasteiger partial charge in [0.2, 0.25) is 0 Å². The van der Waals surface area contributed by atoms with Crippen molar-refractivity contribution in [3.8, 4) is 5.75 Å². The van der Waals surface area contributed by atoms with E-state index in [4.69, 9.17) is 14.5 Å². The summed E-state index contributed by atoms with van der Waals surface area (Å²) in [4.78, 5) is 34.3. The molecule has 0 N–H and O–H groups in total. The molecule has 5 aromatic rings. The predicted octanol–water partition coefficient (Wildman–Crippen LogP) is 5.16. The number of hydrogen-bond donors (Lipinski definition) is 0. The molecule has 2 aromatic heterocycles. The van der Waals surface area contributed by atoms with Gasteiger partial charge < -0.3 is 9.47 Å². The highest BCUT2D eigenvalue weighted by Crippen LogP contribution is 2.42. The van der Waals surface area contributed by atoms with Gasteiger partial charge in [-0.3, -0.25) is 9.36 Å². The van der Waals surface area contributed by atoms with Crippen LogP contribution in [0.3, 0.4) is 0 Å². The molecule has 3 aromatic carbocycles. The van der Waals surface area contributed by atoms with Crippen LogP contribution in [0.5, 0.6) is 5.75 Å². The first kappa shape index (κ1) is 25.0. The molecule has 0 aliphatic carbocycles. The lowest BCUT2D eigenvalue weighted by Gasteiger charge is -2.28. The van der Waals surface area contributed by atoms with Gasteiger partial charge in [-0.1, -0.05) is 78.1 Å². The standard InChI is InChI=1S/C31H24N2O4S2/c1-3-37-30(35)26-27(20-11-5-4-6-12-20)32-31-33(29(34)24(39-31)18-21-13-9-17-38-21)28(26)25-22-14-8-7-10-19(22)15-16-23(25)36-2/h4-18,28H,3H2,1-2H3/b24-18-/t28-/m0/s1.